The highest BCUT2D eigenvalue weighted by molar-refractivity contribution is 5.95. The quantitative estimate of drug-likeness (QED) is 0.914. The van der Waals surface area contributed by atoms with Crippen LogP contribution in [0.4, 0.5) is 0 Å². The SMILES string of the molecule is CC/C(C1=NC(c2ccccc2)CO1)=C1/NC(c2ccccc2)CO1. The van der Waals surface area contributed by atoms with Gasteiger partial charge in [0.1, 0.15) is 19.3 Å². The normalized spacial score (nSPS) is 24.1. The highest BCUT2D eigenvalue weighted by atomic mass is 16.5. The maximum atomic E-state index is 5.93. The molecule has 0 saturated carbocycles. The first kappa shape index (κ1) is 15.8. The Bertz CT molecular complexity index is 784. The van der Waals surface area contributed by atoms with Gasteiger partial charge in [-0.3, -0.25) is 0 Å². The van der Waals surface area contributed by atoms with E-state index < -0.39 is 0 Å². The molecule has 2 unspecified atom stereocenters. The molecule has 25 heavy (non-hydrogen) atoms. The van der Waals surface area contributed by atoms with Gasteiger partial charge in [-0.25, -0.2) is 4.99 Å². The third kappa shape index (κ3) is 3.25. The van der Waals surface area contributed by atoms with E-state index in [-0.39, 0.29) is 12.1 Å². The number of benzene rings is 2. The number of nitrogens with one attached hydrogen (secondary N) is 1. The minimum atomic E-state index is 0.0599. The van der Waals surface area contributed by atoms with Gasteiger partial charge in [0.15, 0.2) is 5.88 Å². The average molecular weight is 334 g/mol. The van der Waals surface area contributed by atoms with Crippen molar-refractivity contribution in [1.82, 2.24) is 5.32 Å². The maximum Gasteiger partial charge on any atom is 0.218 e. The lowest BCUT2D eigenvalue weighted by Crippen LogP contribution is -2.17. The zero-order chi connectivity index (χ0) is 17.1. The Balaban J connectivity index is 1.55. The van der Waals surface area contributed by atoms with E-state index in [1.54, 1.807) is 0 Å². The van der Waals surface area contributed by atoms with Crippen molar-refractivity contribution in [3.63, 3.8) is 0 Å². The second-order valence-corrected chi connectivity index (χ2v) is 6.25. The lowest BCUT2D eigenvalue weighted by atomic mass is 10.1. The molecule has 2 aromatic rings. The molecular formula is C21H22N2O2. The van der Waals surface area contributed by atoms with Crippen LogP contribution < -0.4 is 5.32 Å². The molecule has 128 valence electrons. The summed E-state index contributed by atoms with van der Waals surface area (Å²) in [6, 6.07) is 20.9. The summed E-state index contributed by atoms with van der Waals surface area (Å²) in [6.45, 7) is 3.31. The van der Waals surface area contributed by atoms with Gasteiger partial charge in [-0.2, -0.15) is 0 Å². The van der Waals surface area contributed by atoms with Crippen LogP contribution in [0.15, 0.2) is 77.1 Å². The van der Waals surface area contributed by atoms with Crippen LogP contribution in [0.2, 0.25) is 0 Å². The zero-order valence-electron chi connectivity index (χ0n) is 14.3. The lowest BCUT2D eigenvalue weighted by Gasteiger charge is -2.10. The fourth-order valence-electron chi connectivity index (χ4n) is 3.24. The highest BCUT2D eigenvalue weighted by Gasteiger charge is 2.29. The molecular weight excluding hydrogens is 312 g/mol. The van der Waals surface area contributed by atoms with E-state index in [0.29, 0.717) is 19.1 Å². The summed E-state index contributed by atoms with van der Waals surface area (Å²) in [5, 5.41) is 3.49. The molecule has 2 aromatic carbocycles. The van der Waals surface area contributed by atoms with Crippen LogP contribution in [0.5, 0.6) is 0 Å². The summed E-state index contributed by atoms with van der Waals surface area (Å²) in [5.41, 5.74) is 3.42. The summed E-state index contributed by atoms with van der Waals surface area (Å²) in [7, 11) is 0. The van der Waals surface area contributed by atoms with Gasteiger partial charge in [0.2, 0.25) is 5.90 Å². The smallest absolute Gasteiger partial charge is 0.218 e. The second kappa shape index (κ2) is 7.01. The van der Waals surface area contributed by atoms with Gasteiger partial charge in [0, 0.05) is 0 Å². The Morgan fingerprint density at radius 2 is 1.64 bits per heavy atom. The highest BCUT2D eigenvalue weighted by Crippen LogP contribution is 2.29. The molecule has 0 aliphatic carbocycles. The summed E-state index contributed by atoms with van der Waals surface area (Å²) in [5.74, 6) is 1.50. The molecule has 0 radical (unpaired) electrons. The van der Waals surface area contributed by atoms with Gasteiger partial charge >= 0.3 is 0 Å². The third-order valence-electron chi connectivity index (χ3n) is 4.62. The molecule has 4 nitrogen and oxygen atoms in total. The minimum Gasteiger partial charge on any atom is -0.476 e. The summed E-state index contributed by atoms with van der Waals surface area (Å²) < 4.78 is 11.8. The van der Waals surface area contributed by atoms with E-state index in [2.05, 4.69) is 36.5 Å². The lowest BCUT2D eigenvalue weighted by molar-refractivity contribution is 0.249. The van der Waals surface area contributed by atoms with Crippen molar-refractivity contribution < 1.29 is 9.47 Å². The van der Waals surface area contributed by atoms with Crippen molar-refractivity contribution in [1.29, 1.82) is 0 Å². The number of hydrogen-bond acceptors (Lipinski definition) is 4. The molecule has 4 heteroatoms. The van der Waals surface area contributed by atoms with E-state index >= 15 is 0 Å². The van der Waals surface area contributed by atoms with Crippen LogP contribution in [0.25, 0.3) is 0 Å². The second-order valence-electron chi connectivity index (χ2n) is 6.25. The van der Waals surface area contributed by atoms with Crippen LogP contribution in [-0.2, 0) is 9.47 Å². The van der Waals surface area contributed by atoms with Crippen LogP contribution in [0, 0.1) is 0 Å². The fraction of sp³-hybridized carbons (Fsp3) is 0.286. The van der Waals surface area contributed by atoms with Crippen LogP contribution in [0.3, 0.4) is 0 Å². The van der Waals surface area contributed by atoms with E-state index in [9.17, 15) is 0 Å². The number of nitrogens with zero attached hydrogens (tertiary/aromatic N) is 1. The number of aliphatic imine (C=N–C) groups is 1. The van der Waals surface area contributed by atoms with Gasteiger partial charge in [-0.05, 0) is 17.5 Å². The van der Waals surface area contributed by atoms with E-state index in [1.165, 1.54) is 11.1 Å². The molecule has 0 spiro atoms. The first-order valence-electron chi connectivity index (χ1n) is 8.78. The molecule has 1 N–H and O–H groups in total. The van der Waals surface area contributed by atoms with Gasteiger partial charge in [0.05, 0.1) is 11.6 Å². The maximum absolute atomic E-state index is 5.93. The Hall–Kier alpha value is -2.75. The van der Waals surface area contributed by atoms with Crippen molar-refractivity contribution in [3.8, 4) is 0 Å². The monoisotopic (exact) mass is 334 g/mol. The molecule has 0 bridgehead atoms. The molecule has 2 atom stereocenters. The fourth-order valence-corrected chi connectivity index (χ4v) is 3.24. The number of rotatable bonds is 4. The van der Waals surface area contributed by atoms with Gasteiger partial charge in [-0.1, -0.05) is 67.6 Å². The van der Waals surface area contributed by atoms with Crippen molar-refractivity contribution in [2.75, 3.05) is 13.2 Å². The molecule has 2 heterocycles. The predicted molar refractivity (Wildman–Crippen MR) is 98.2 cm³/mol. The van der Waals surface area contributed by atoms with Crippen LogP contribution in [0.1, 0.15) is 36.6 Å². The Morgan fingerprint density at radius 3 is 2.32 bits per heavy atom. The molecule has 2 aliphatic heterocycles. The van der Waals surface area contributed by atoms with Gasteiger partial charge in [-0.15, -0.1) is 0 Å². The summed E-state index contributed by atoms with van der Waals surface area (Å²) in [6.07, 6.45) is 0.810. The average Bonchev–Trinajstić information content (AvgIpc) is 3.35. The topological polar surface area (TPSA) is 42.8 Å². The number of ether oxygens (including phenoxy) is 2. The zero-order valence-corrected chi connectivity index (χ0v) is 14.3. The first-order valence-corrected chi connectivity index (χ1v) is 8.78. The predicted octanol–water partition coefficient (Wildman–Crippen LogP) is 4.14. The van der Waals surface area contributed by atoms with E-state index in [4.69, 9.17) is 14.5 Å². The van der Waals surface area contributed by atoms with Gasteiger partial charge < -0.3 is 14.8 Å². The minimum absolute atomic E-state index is 0.0599. The molecule has 1 saturated heterocycles. The van der Waals surface area contributed by atoms with Gasteiger partial charge in [0.25, 0.3) is 0 Å². The largest absolute Gasteiger partial charge is 0.476 e. The molecule has 4 rings (SSSR count). The van der Waals surface area contributed by atoms with E-state index in [1.807, 2.05) is 36.4 Å². The Kier molecular flexibility index (Phi) is 4.42. The Morgan fingerprint density at radius 1 is 0.960 bits per heavy atom. The standard InChI is InChI=1S/C21H22N2O2/c1-2-17(20-22-18(13-24-20)15-9-5-3-6-10-15)21-23-19(14-25-21)16-11-7-4-8-12-16/h3-12,18-19,22H,2,13-14H2,1H3/b20-17+. The first-order chi connectivity index (χ1) is 12.3. The van der Waals surface area contributed by atoms with Crippen molar-refractivity contribution >= 4 is 5.90 Å². The van der Waals surface area contributed by atoms with Crippen molar-refractivity contribution in [3.05, 3.63) is 83.2 Å². The molecule has 0 aromatic heterocycles. The summed E-state index contributed by atoms with van der Waals surface area (Å²) in [4.78, 5) is 4.79. The van der Waals surface area contributed by atoms with Crippen molar-refractivity contribution in [2.24, 2.45) is 4.99 Å². The number of hydrogen-bond donors (Lipinski definition) is 1. The van der Waals surface area contributed by atoms with Crippen molar-refractivity contribution in [2.45, 2.75) is 25.4 Å². The van der Waals surface area contributed by atoms with Crippen LogP contribution >= 0.6 is 0 Å². The van der Waals surface area contributed by atoms with Crippen LogP contribution in [-0.4, -0.2) is 19.1 Å². The third-order valence-corrected chi connectivity index (χ3v) is 4.62. The Labute approximate surface area is 148 Å². The molecule has 0 amide bonds. The van der Waals surface area contributed by atoms with E-state index in [0.717, 1.165) is 17.9 Å². The molecule has 2 aliphatic rings. The summed E-state index contributed by atoms with van der Waals surface area (Å²) >= 11 is 0. The molecule has 1 fully saturated rings.